The van der Waals surface area contributed by atoms with Gasteiger partial charge in [-0.25, -0.2) is 4.79 Å². The number of hydrogen-bond donors (Lipinski definition) is 1. The molecule has 0 spiro atoms. The standard InChI is InChI=1S/C13H17NO2/c1-10-6-7-14(8-10)9-11-2-4-12(5-3-11)13(15)16/h2-5,10H,6-9H2,1H3,(H,15,16). The molecule has 0 saturated carbocycles. The third kappa shape index (κ3) is 2.61. The third-order valence-corrected chi connectivity index (χ3v) is 3.12. The highest BCUT2D eigenvalue weighted by atomic mass is 16.4. The molecule has 2 rings (SSSR count). The summed E-state index contributed by atoms with van der Waals surface area (Å²) >= 11 is 0. The summed E-state index contributed by atoms with van der Waals surface area (Å²) in [6.45, 7) is 5.51. The molecule has 1 saturated heterocycles. The van der Waals surface area contributed by atoms with E-state index in [4.69, 9.17) is 5.11 Å². The highest BCUT2D eigenvalue weighted by molar-refractivity contribution is 5.87. The molecule has 0 amide bonds. The van der Waals surface area contributed by atoms with Gasteiger partial charge in [0.25, 0.3) is 0 Å². The van der Waals surface area contributed by atoms with E-state index in [-0.39, 0.29) is 0 Å². The van der Waals surface area contributed by atoms with Crippen molar-refractivity contribution in [3.63, 3.8) is 0 Å². The summed E-state index contributed by atoms with van der Waals surface area (Å²) in [7, 11) is 0. The molecular weight excluding hydrogens is 202 g/mol. The van der Waals surface area contributed by atoms with Crippen molar-refractivity contribution < 1.29 is 9.90 Å². The van der Waals surface area contributed by atoms with Gasteiger partial charge in [-0.2, -0.15) is 0 Å². The summed E-state index contributed by atoms with van der Waals surface area (Å²) in [5.41, 5.74) is 1.55. The van der Waals surface area contributed by atoms with Gasteiger partial charge in [-0.1, -0.05) is 19.1 Å². The normalized spacial score (nSPS) is 21.2. The van der Waals surface area contributed by atoms with Gasteiger partial charge in [0, 0.05) is 13.1 Å². The van der Waals surface area contributed by atoms with Crippen molar-refractivity contribution in [1.82, 2.24) is 4.90 Å². The van der Waals surface area contributed by atoms with E-state index in [9.17, 15) is 4.79 Å². The quantitative estimate of drug-likeness (QED) is 0.847. The summed E-state index contributed by atoms with van der Waals surface area (Å²) in [5.74, 6) is -0.0698. The average Bonchev–Trinajstić information content (AvgIpc) is 2.65. The molecule has 0 bridgehead atoms. The molecule has 86 valence electrons. The molecule has 1 N–H and O–H groups in total. The first-order valence-corrected chi connectivity index (χ1v) is 5.70. The molecule has 1 fully saturated rings. The van der Waals surface area contributed by atoms with Crippen LogP contribution in [0.25, 0.3) is 0 Å². The van der Waals surface area contributed by atoms with Crippen LogP contribution in [0.2, 0.25) is 0 Å². The van der Waals surface area contributed by atoms with Gasteiger partial charge in [0.2, 0.25) is 0 Å². The molecule has 0 aromatic heterocycles. The SMILES string of the molecule is CC1CCN(Cc2ccc(C(=O)O)cc2)C1. The predicted molar refractivity (Wildman–Crippen MR) is 62.5 cm³/mol. The molecule has 3 heteroatoms. The minimum Gasteiger partial charge on any atom is -0.478 e. The molecule has 1 aromatic carbocycles. The van der Waals surface area contributed by atoms with E-state index in [2.05, 4.69) is 11.8 Å². The first-order chi connectivity index (χ1) is 7.65. The third-order valence-electron chi connectivity index (χ3n) is 3.12. The number of nitrogens with zero attached hydrogens (tertiary/aromatic N) is 1. The molecule has 3 nitrogen and oxygen atoms in total. The van der Waals surface area contributed by atoms with Gasteiger partial charge >= 0.3 is 5.97 Å². The fourth-order valence-corrected chi connectivity index (χ4v) is 2.18. The first-order valence-electron chi connectivity index (χ1n) is 5.70. The van der Waals surface area contributed by atoms with Crippen molar-refractivity contribution in [2.24, 2.45) is 5.92 Å². The molecule has 0 radical (unpaired) electrons. The average molecular weight is 219 g/mol. The van der Waals surface area contributed by atoms with Gasteiger partial charge in [-0.05, 0) is 36.6 Å². The molecule has 1 aliphatic heterocycles. The van der Waals surface area contributed by atoms with Crippen molar-refractivity contribution >= 4 is 5.97 Å². The second-order valence-electron chi connectivity index (χ2n) is 4.63. The molecular formula is C13H17NO2. The monoisotopic (exact) mass is 219 g/mol. The smallest absolute Gasteiger partial charge is 0.335 e. The molecule has 1 heterocycles. The van der Waals surface area contributed by atoms with Crippen molar-refractivity contribution in [1.29, 1.82) is 0 Å². The number of likely N-dealkylation sites (tertiary alicyclic amines) is 1. The lowest BCUT2D eigenvalue weighted by atomic mass is 10.1. The molecule has 0 aliphatic carbocycles. The van der Waals surface area contributed by atoms with Crippen molar-refractivity contribution in [2.75, 3.05) is 13.1 Å². The van der Waals surface area contributed by atoms with Gasteiger partial charge in [0.15, 0.2) is 0 Å². The maximum absolute atomic E-state index is 10.7. The van der Waals surface area contributed by atoms with E-state index in [1.54, 1.807) is 12.1 Å². The minimum absolute atomic E-state index is 0.360. The van der Waals surface area contributed by atoms with Crippen LogP contribution < -0.4 is 0 Å². The first kappa shape index (κ1) is 11.1. The van der Waals surface area contributed by atoms with Crippen LogP contribution in [-0.4, -0.2) is 29.1 Å². The summed E-state index contributed by atoms with van der Waals surface area (Å²) in [6.07, 6.45) is 1.27. The largest absolute Gasteiger partial charge is 0.478 e. The maximum Gasteiger partial charge on any atom is 0.335 e. The zero-order valence-electron chi connectivity index (χ0n) is 9.52. The van der Waals surface area contributed by atoms with Crippen molar-refractivity contribution in [2.45, 2.75) is 19.9 Å². The Balaban J connectivity index is 1.97. The van der Waals surface area contributed by atoms with Crippen LogP contribution in [0.5, 0.6) is 0 Å². The Morgan fingerprint density at radius 1 is 1.44 bits per heavy atom. The second kappa shape index (κ2) is 4.66. The number of carboxylic acids is 1. The van der Waals surface area contributed by atoms with Crippen LogP contribution in [0.3, 0.4) is 0 Å². The van der Waals surface area contributed by atoms with Gasteiger partial charge in [-0.3, -0.25) is 4.90 Å². The molecule has 1 atom stereocenters. The molecule has 1 unspecified atom stereocenters. The molecule has 1 aliphatic rings. The van der Waals surface area contributed by atoms with Gasteiger partial charge in [0.05, 0.1) is 5.56 Å². The lowest BCUT2D eigenvalue weighted by Gasteiger charge is -2.15. The number of aromatic carboxylic acids is 1. The zero-order chi connectivity index (χ0) is 11.5. The number of rotatable bonds is 3. The second-order valence-corrected chi connectivity index (χ2v) is 4.63. The topological polar surface area (TPSA) is 40.5 Å². The van der Waals surface area contributed by atoms with E-state index in [0.717, 1.165) is 25.6 Å². The van der Waals surface area contributed by atoms with Gasteiger partial charge in [-0.15, -0.1) is 0 Å². The molecule has 1 aromatic rings. The summed E-state index contributed by atoms with van der Waals surface area (Å²) in [5, 5.41) is 8.78. The van der Waals surface area contributed by atoms with Crippen LogP contribution in [-0.2, 0) is 6.54 Å². The van der Waals surface area contributed by atoms with E-state index in [1.165, 1.54) is 12.0 Å². The Hall–Kier alpha value is -1.35. The lowest BCUT2D eigenvalue weighted by molar-refractivity contribution is 0.0697. The van der Waals surface area contributed by atoms with Crippen LogP contribution in [0.1, 0.15) is 29.3 Å². The zero-order valence-corrected chi connectivity index (χ0v) is 9.52. The van der Waals surface area contributed by atoms with E-state index in [1.807, 2.05) is 12.1 Å². The van der Waals surface area contributed by atoms with Crippen molar-refractivity contribution in [3.8, 4) is 0 Å². The van der Waals surface area contributed by atoms with E-state index < -0.39 is 5.97 Å². The fourth-order valence-electron chi connectivity index (χ4n) is 2.18. The summed E-state index contributed by atoms with van der Waals surface area (Å²) in [4.78, 5) is 13.1. The Labute approximate surface area is 95.7 Å². The Morgan fingerprint density at radius 2 is 2.12 bits per heavy atom. The summed E-state index contributed by atoms with van der Waals surface area (Å²) < 4.78 is 0. The molecule has 16 heavy (non-hydrogen) atoms. The minimum atomic E-state index is -0.860. The maximum atomic E-state index is 10.7. The Kier molecular flexibility index (Phi) is 3.25. The predicted octanol–water partition coefficient (Wildman–Crippen LogP) is 2.23. The van der Waals surface area contributed by atoms with Crippen molar-refractivity contribution in [3.05, 3.63) is 35.4 Å². The van der Waals surface area contributed by atoms with Crippen LogP contribution in [0.15, 0.2) is 24.3 Å². The van der Waals surface area contributed by atoms with E-state index >= 15 is 0 Å². The van der Waals surface area contributed by atoms with E-state index in [0.29, 0.717) is 5.56 Å². The number of hydrogen-bond acceptors (Lipinski definition) is 2. The number of carbonyl (C=O) groups is 1. The highest BCUT2D eigenvalue weighted by Gasteiger charge is 2.18. The van der Waals surface area contributed by atoms with Gasteiger partial charge in [0.1, 0.15) is 0 Å². The summed E-state index contributed by atoms with van der Waals surface area (Å²) in [6, 6.07) is 7.17. The Bertz CT molecular complexity index is 372. The lowest BCUT2D eigenvalue weighted by Crippen LogP contribution is -2.19. The fraction of sp³-hybridized carbons (Fsp3) is 0.462. The highest BCUT2D eigenvalue weighted by Crippen LogP contribution is 2.17. The van der Waals surface area contributed by atoms with Crippen LogP contribution in [0.4, 0.5) is 0 Å². The van der Waals surface area contributed by atoms with Crippen LogP contribution in [0, 0.1) is 5.92 Å². The van der Waals surface area contributed by atoms with Gasteiger partial charge < -0.3 is 5.11 Å². The number of carboxylic acid groups (broad SMARTS) is 1. The Morgan fingerprint density at radius 3 is 2.62 bits per heavy atom. The number of benzene rings is 1. The van der Waals surface area contributed by atoms with Crippen LogP contribution >= 0.6 is 0 Å².